The Morgan fingerprint density at radius 3 is 2.31 bits per heavy atom. The summed E-state index contributed by atoms with van der Waals surface area (Å²) in [7, 11) is 0. The van der Waals surface area contributed by atoms with E-state index in [9.17, 15) is 4.79 Å². The molecule has 1 aromatic rings. The van der Waals surface area contributed by atoms with Crippen LogP contribution < -0.4 is 0 Å². The van der Waals surface area contributed by atoms with Crippen LogP contribution in [0, 0.1) is 11.8 Å². The lowest BCUT2D eigenvalue weighted by molar-refractivity contribution is 0.0942. The Bertz CT molecular complexity index is 350. The van der Waals surface area contributed by atoms with Gasteiger partial charge in [-0.3, -0.25) is 9.69 Å². The standard InChI is InChI=1S/C14H19NO/c1-11-8-15(9-12(11)2)10-14(16)13-6-4-3-5-7-13/h3-7,11-12H,8-10H2,1-2H3. The minimum absolute atomic E-state index is 0.238. The van der Waals surface area contributed by atoms with E-state index < -0.39 is 0 Å². The molecule has 2 rings (SSSR count). The summed E-state index contributed by atoms with van der Waals surface area (Å²) in [4.78, 5) is 14.2. The Kier molecular flexibility index (Phi) is 3.39. The van der Waals surface area contributed by atoms with E-state index in [4.69, 9.17) is 0 Å². The van der Waals surface area contributed by atoms with E-state index in [1.54, 1.807) is 0 Å². The van der Waals surface area contributed by atoms with Crippen molar-refractivity contribution in [3.05, 3.63) is 35.9 Å². The van der Waals surface area contributed by atoms with Crippen LogP contribution in [0.1, 0.15) is 24.2 Å². The molecule has 0 bridgehead atoms. The maximum absolute atomic E-state index is 12.0. The zero-order valence-corrected chi connectivity index (χ0v) is 10.0. The summed E-state index contributed by atoms with van der Waals surface area (Å²) in [6.07, 6.45) is 0. The molecule has 1 aromatic carbocycles. The van der Waals surface area contributed by atoms with Gasteiger partial charge in [0.25, 0.3) is 0 Å². The van der Waals surface area contributed by atoms with Gasteiger partial charge in [0.15, 0.2) is 5.78 Å². The summed E-state index contributed by atoms with van der Waals surface area (Å²) >= 11 is 0. The van der Waals surface area contributed by atoms with Gasteiger partial charge in [-0.2, -0.15) is 0 Å². The van der Waals surface area contributed by atoms with Gasteiger partial charge >= 0.3 is 0 Å². The van der Waals surface area contributed by atoms with Gasteiger partial charge in [-0.25, -0.2) is 0 Å². The first-order valence-corrected chi connectivity index (χ1v) is 5.97. The van der Waals surface area contributed by atoms with Crippen molar-refractivity contribution < 1.29 is 4.79 Å². The van der Waals surface area contributed by atoms with Crippen LogP contribution in [0.2, 0.25) is 0 Å². The van der Waals surface area contributed by atoms with E-state index in [0.29, 0.717) is 18.4 Å². The first-order chi connectivity index (χ1) is 7.66. The molecule has 0 radical (unpaired) electrons. The van der Waals surface area contributed by atoms with Crippen molar-refractivity contribution in [1.29, 1.82) is 0 Å². The van der Waals surface area contributed by atoms with Crippen molar-refractivity contribution >= 4 is 5.78 Å². The molecule has 1 fully saturated rings. The number of carbonyl (C=O) groups is 1. The second-order valence-electron chi connectivity index (χ2n) is 4.94. The van der Waals surface area contributed by atoms with Gasteiger partial charge < -0.3 is 0 Å². The molecule has 0 aromatic heterocycles. The van der Waals surface area contributed by atoms with Crippen molar-refractivity contribution in [3.8, 4) is 0 Å². The molecule has 16 heavy (non-hydrogen) atoms. The Labute approximate surface area is 97.3 Å². The lowest BCUT2D eigenvalue weighted by atomic mass is 10.0. The van der Waals surface area contributed by atoms with E-state index in [1.807, 2.05) is 30.3 Å². The predicted molar refractivity (Wildman–Crippen MR) is 65.5 cm³/mol. The van der Waals surface area contributed by atoms with Gasteiger partial charge in [0.1, 0.15) is 0 Å². The third kappa shape index (κ3) is 2.50. The average molecular weight is 217 g/mol. The molecule has 86 valence electrons. The van der Waals surface area contributed by atoms with Crippen LogP contribution in [0.5, 0.6) is 0 Å². The summed E-state index contributed by atoms with van der Waals surface area (Å²) in [5, 5.41) is 0. The molecule has 0 N–H and O–H groups in total. The van der Waals surface area contributed by atoms with Crippen LogP contribution in [0.3, 0.4) is 0 Å². The normalized spacial score (nSPS) is 25.9. The molecule has 0 amide bonds. The fraction of sp³-hybridized carbons (Fsp3) is 0.500. The summed E-state index contributed by atoms with van der Waals surface area (Å²) in [5.41, 5.74) is 0.828. The largest absolute Gasteiger partial charge is 0.295 e. The molecule has 0 spiro atoms. The first kappa shape index (κ1) is 11.3. The molecule has 1 aliphatic heterocycles. The second-order valence-corrected chi connectivity index (χ2v) is 4.94. The van der Waals surface area contributed by atoms with Crippen molar-refractivity contribution in [2.24, 2.45) is 11.8 Å². The number of nitrogens with zero attached hydrogens (tertiary/aromatic N) is 1. The predicted octanol–water partition coefficient (Wildman–Crippen LogP) is 2.46. The summed E-state index contributed by atoms with van der Waals surface area (Å²) in [6, 6.07) is 9.57. The summed E-state index contributed by atoms with van der Waals surface area (Å²) in [5.74, 6) is 1.66. The van der Waals surface area contributed by atoms with Crippen LogP contribution in [-0.2, 0) is 0 Å². The zero-order valence-electron chi connectivity index (χ0n) is 10.0. The fourth-order valence-corrected chi connectivity index (χ4v) is 2.30. The second kappa shape index (κ2) is 4.79. The van der Waals surface area contributed by atoms with Crippen LogP contribution >= 0.6 is 0 Å². The lowest BCUT2D eigenvalue weighted by Gasteiger charge is -2.14. The number of ketones is 1. The smallest absolute Gasteiger partial charge is 0.176 e. The number of hydrogen-bond acceptors (Lipinski definition) is 2. The molecule has 1 aliphatic rings. The van der Waals surface area contributed by atoms with Gasteiger partial charge in [-0.15, -0.1) is 0 Å². The Balaban J connectivity index is 1.94. The Morgan fingerprint density at radius 1 is 1.19 bits per heavy atom. The Hall–Kier alpha value is -1.15. The quantitative estimate of drug-likeness (QED) is 0.725. The third-order valence-electron chi connectivity index (χ3n) is 3.53. The van der Waals surface area contributed by atoms with Crippen LogP contribution in [0.4, 0.5) is 0 Å². The average Bonchev–Trinajstić information content (AvgIpc) is 2.59. The maximum atomic E-state index is 12.0. The van der Waals surface area contributed by atoms with Gasteiger partial charge in [-0.05, 0) is 11.8 Å². The van der Waals surface area contributed by atoms with E-state index in [0.717, 1.165) is 18.7 Å². The lowest BCUT2D eigenvalue weighted by Crippen LogP contribution is -2.27. The summed E-state index contributed by atoms with van der Waals surface area (Å²) < 4.78 is 0. The van der Waals surface area contributed by atoms with Gasteiger partial charge in [0.2, 0.25) is 0 Å². The van der Waals surface area contributed by atoms with Crippen molar-refractivity contribution in [2.75, 3.05) is 19.6 Å². The molecule has 1 heterocycles. The molecule has 2 heteroatoms. The van der Waals surface area contributed by atoms with Crippen molar-refractivity contribution in [1.82, 2.24) is 4.90 Å². The minimum Gasteiger partial charge on any atom is -0.295 e. The maximum Gasteiger partial charge on any atom is 0.176 e. The number of rotatable bonds is 3. The summed E-state index contributed by atoms with van der Waals surface area (Å²) in [6.45, 7) is 7.20. The highest BCUT2D eigenvalue weighted by molar-refractivity contribution is 5.97. The first-order valence-electron chi connectivity index (χ1n) is 5.97. The van der Waals surface area contributed by atoms with E-state index >= 15 is 0 Å². The van der Waals surface area contributed by atoms with Crippen LogP contribution in [0.15, 0.2) is 30.3 Å². The van der Waals surface area contributed by atoms with Crippen LogP contribution in [0.25, 0.3) is 0 Å². The number of benzene rings is 1. The third-order valence-corrected chi connectivity index (χ3v) is 3.53. The molecule has 0 saturated carbocycles. The van der Waals surface area contributed by atoms with Crippen LogP contribution in [-0.4, -0.2) is 30.3 Å². The van der Waals surface area contributed by atoms with Crippen molar-refractivity contribution in [3.63, 3.8) is 0 Å². The topological polar surface area (TPSA) is 20.3 Å². The van der Waals surface area contributed by atoms with E-state index in [-0.39, 0.29) is 5.78 Å². The fourth-order valence-electron chi connectivity index (χ4n) is 2.30. The highest BCUT2D eigenvalue weighted by atomic mass is 16.1. The minimum atomic E-state index is 0.238. The number of Topliss-reactive ketones (excluding diaryl/α,β-unsaturated/α-hetero) is 1. The molecule has 2 atom stereocenters. The van der Waals surface area contributed by atoms with Gasteiger partial charge in [-0.1, -0.05) is 44.2 Å². The molecule has 0 aliphatic carbocycles. The Morgan fingerprint density at radius 2 is 1.75 bits per heavy atom. The van der Waals surface area contributed by atoms with E-state index in [1.165, 1.54) is 0 Å². The number of hydrogen-bond donors (Lipinski definition) is 0. The number of carbonyl (C=O) groups excluding carboxylic acids is 1. The van der Waals surface area contributed by atoms with E-state index in [2.05, 4.69) is 18.7 Å². The monoisotopic (exact) mass is 217 g/mol. The van der Waals surface area contributed by atoms with Crippen molar-refractivity contribution in [2.45, 2.75) is 13.8 Å². The van der Waals surface area contributed by atoms with Gasteiger partial charge in [0.05, 0.1) is 6.54 Å². The molecule has 2 nitrogen and oxygen atoms in total. The highest BCUT2D eigenvalue weighted by Crippen LogP contribution is 2.22. The molecular formula is C14H19NO. The highest BCUT2D eigenvalue weighted by Gasteiger charge is 2.27. The SMILES string of the molecule is CC1CN(CC(=O)c2ccccc2)CC1C. The van der Waals surface area contributed by atoms with Gasteiger partial charge in [0, 0.05) is 18.7 Å². The molecular weight excluding hydrogens is 198 g/mol. The molecule has 2 unspecified atom stereocenters. The zero-order chi connectivity index (χ0) is 11.5. The number of likely N-dealkylation sites (tertiary alicyclic amines) is 1. The molecule has 1 saturated heterocycles.